The summed E-state index contributed by atoms with van der Waals surface area (Å²) in [6.07, 6.45) is 2.04. The summed E-state index contributed by atoms with van der Waals surface area (Å²) in [5.41, 5.74) is 2.01. The van der Waals surface area contributed by atoms with Crippen LogP contribution in [0, 0.1) is 6.92 Å². The number of likely N-dealkylation sites (tertiary alicyclic amines) is 1. The number of amides is 1. The highest BCUT2D eigenvalue weighted by molar-refractivity contribution is 5.90. The number of aliphatic hydroxyl groups is 1. The highest BCUT2D eigenvalue weighted by Crippen LogP contribution is 2.12. The van der Waals surface area contributed by atoms with E-state index < -0.39 is 0 Å². The van der Waals surface area contributed by atoms with E-state index in [1.807, 2.05) is 31.2 Å². The average Bonchev–Trinajstić information content (AvgIpc) is 2.75. The fourth-order valence-electron chi connectivity index (χ4n) is 2.42. The fraction of sp³-hybridized carbons (Fsp3) is 0.533. The maximum absolute atomic E-state index is 11.8. The van der Waals surface area contributed by atoms with Crippen LogP contribution in [0.5, 0.6) is 0 Å². The number of nitrogens with zero attached hydrogens (tertiary/aromatic N) is 1. The number of anilines is 1. The third-order valence-corrected chi connectivity index (χ3v) is 3.43. The molecule has 1 amide bonds. The van der Waals surface area contributed by atoms with Crippen LogP contribution in [-0.4, -0.2) is 41.7 Å². The molecule has 1 aromatic carbocycles. The summed E-state index contributed by atoms with van der Waals surface area (Å²) in [5, 5.41) is 12.3. The minimum atomic E-state index is -0.180. The van der Waals surface area contributed by atoms with Gasteiger partial charge in [-0.15, -0.1) is 0 Å². The number of carbonyl (C=O) groups is 1. The maximum atomic E-state index is 11.8. The van der Waals surface area contributed by atoms with Gasteiger partial charge in [0.15, 0.2) is 0 Å². The van der Waals surface area contributed by atoms with Crippen LogP contribution in [0.4, 0.5) is 5.69 Å². The first-order valence-corrected chi connectivity index (χ1v) is 6.90. The highest BCUT2D eigenvalue weighted by atomic mass is 16.3. The van der Waals surface area contributed by atoms with Crippen LogP contribution in [0.1, 0.15) is 24.8 Å². The summed E-state index contributed by atoms with van der Waals surface area (Å²) < 4.78 is 0. The van der Waals surface area contributed by atoms with Gasteiger partial charge in [-0.25, -0.2) is 0 Å². The average molecular weight is 262 g/mol. The number of aliphatic hydroxyl groups excluding tert-OH is 1. The third kappa shape index (κ3) is 4.65. The van der Waals surface area contributed by atoms with Crippen molar-refractivity contribution in [3.05, 3.63) is 29.8 Å². The number of rotatable bonds is 5. The van der Waals surface area contributed by atoms with Gasteiger partial charge in [0.2, 0.25) is 5.91 Å². The smallest absolute Gasteiger partial charge is 0.224 e. The molecular formula is C15H22N2O2. The fourth-order valence-corrected chi connectivity index (χ4v) is 2.42. The molecule has 0 unspecified atom stereocenters. The van der Waals surface area contributed by atoms with Crippen LogP contribution in [0.25, 0.3) is 0 Å². The zero-order chi connectivity index (χ0) is 13.7. The van der Waals surface area contributed by atoms with Crippen molar-refractivity contribution in [2.24, 2.45) is 0 Å². The van der Waals surface area contributed by atoms with Gasteiger partial charge >= 0.3 is 0 Å². The lowest BCUT2D eigenvalue weighted by Gasteiger charge is -2.14. The molecule has 0 spiro atoms. The van der Waals surface area contributed by atoms with Gasteiger partial charge in [-0.05, 0) is 44.0 Å². The summed E-state index contributed by atoms with van der Waals surface area (Å²) in [6, 6.07) is 7.82. The Morgan fingerprint density at radius 2 is 2.37 bits per heavy atom. The topological polar surface area (TPSA) is 52.6 Å². The standard InChI is InChI=1S/C15H22N2O2/c1-12-4-2-5-13(10-12)16-15(19)6-3-8-17-9-7-14(18)11-17/h2,4-5,10,14,18H,3,6-9,11H2,1H3,(H,16,19)/t14-/m0/s1. The van der Waals surface area contributed by atoms with Crippen LogP contribution in [0.2, 0.25) is 0 Å². The molecular weight excluding hydrogens is 240 g/mol. The number of carbonyl (C=O) groups excluding carboxylic acids is 1. The predicted octanol–water partition coefficient (Wildman–Crippen LogP) is 1.78. The first-order chi connectivity index (χ1) is 9.13. The Morgan fingerprint density at radius 3 is 3.05 bits per heavy atom. The summed E-state index contributed by atoms with van der Waals surface area (Å²) in [7, 11) is 0. The molecule has 19 heavy (non-hydrogen) atoms. The highest BCUT2D eigenvalue weighted by Gasteiger charge is 2.19. The molecule has 1 fully saturated rings. The Labute approximate surface area is 114 Å². The predicted molar refractivity (Wildman–Crippen MR) is 76.1 cm³/mol. The van der Waals surface area contributed by atoms with Crippen molar-refractivity contribution >= 4 is 11.6 Å². The Balaban J connectivity index is 1.67. The molecule has 2 N–H and O–H groups in total. The molecule has 0 bridgehead atoms. The summed E-state index contributed by atoms with van der Waals surface area (Å²) in [4.78, 5) is 14.0. The molecule has 4 nitrogen and oxygen atoms in total. The quantitative estimate of drug-likeness (QED) is 0.850. The van der Waals surface area contributed by atoms with Gasteiger partial charge in [-0.2, -0.15) is 0 Å². The van der Waals surface area contributed by atoms with Crippen LogP contribution in [0.15, 0.2) is 24.3 Å². The molecule has 0 aliphatic carbocycles. The number of hydrogen-bond acceptors (Lipinski definition) is 3. The molecule has 0 aromatic heterocycles. The minimum absolute atomic E-state index is 0.0605. The van der Waals surface area contributed by atoms with Gasteiger partial charge in [-0.1, -0.05) is 12.1 Å². The Hall–Kier alpha value is -1.39. The number of aryl methyl sites for hydroxylation is 1. The van der Waals surface area contributed by atoms with E-state index in [4.69, 9.17) is 0 Å². The molecule has 2 rings (SSSR count). The lowest BCUT2D eigenvalue weighted by molar-refractivity contribution is -0.116. The van der Waals surface area contributed by atoms with E-state index in [0.717, 1.165) is 43.7 Å². The van der Waals surface area contributed by atoms with E-state index in [1.165, 1.54) is 0 Å². The Morgan fingerprint density at radius 1 is 1.53 bits per heavy atom. The summed E-state index contributed by atoms with van der Waals surface area (Å²) >= 11 is 0. The van der Waals surface area contributed by atoms with Crippen LogP contribution < -0.4 is 5.32 Å². The monoisotopic (exact) mass is 262 g/mol. The Bertz CT molecular complexity index is 434. The van der Waals surface area contributed by atoms with Crippen molar-refractivity contribution in [3.63, 3.8) is 0 Å². The SMILES string of the molecule is Cc1cccc(NC(=O)CCCN2CC[C@H](O)C2)c1. The van der Waals surface area contributed by atoms with Gasteiger partial charge in [-0.3, -0.25) is 4.79 Å². The normalized spacial score (nSPS) is 19.6. The lowest BCUT2D eigenvalue weighted by Crippen LogP contribution is -2.24. The molecule has 1 saturated heterocycles. The zero-order valence-electron chi connectivity index (χ0n) is 11.4. The second kappa shape index (κ2) is 6.68. The second-order valence-corrected chi connectivity index (χ2v) is 5.26. The molecule has 1 aliphatic rings. The molecule has 104 valence electrons. The molecule has 0 saturated carbocycles. The van der Waals surface area contributed by atoms with Crippen LogP contribution in [-0.2, 0) is 4.79 Å². The third-order valence-electron chi connectivity index (χ3n) is 3.43. The van der Waals surface area contributed by atoms with Gasteiger partial charge in [0.25, 0.3) is 0 Å². The molecule has 1 atom stereocenters. The number of benzene rings is 1. The number of nitrogens with one attached hydrogen (secondary N) is 1. The van der Waals surface area contributed by atoms with Crippen molar-refractivity contribution in [1.29, 1.82) is 0 Å². The van der Waals surface area contributed by atoms with E-state index in [2.05, 4.69) is 10.2 Å². The van der Waals surface area contributed by atoms with Crippen molar-refractivity contribution in [1.82, 2.24) is 4.90 Å². The zero-order valence-corrected chi connectivity index (χ0v) is 11.4. The minimum Gasteiger partial charge on any atom is -0.392 e. The van der Waals surface area contributed by atoms with E-state index in [1.54, 1.807) is 0 Å². The summed E-state index contributed by atoms with van der Waals surface area (Å²) in [6.45, 7) is 4.59. The molecule has 1 aliphatic heterocycles. The van der Waals surface area contributed by atoms with Crippen molar-refractivity contribution in [2.75, 3.05) is 25.0 Å². The van der Waals surface area contributed by atoms with Gasteiger partial charge in [0, 0.05) is 25.2 Å². The largest absolute Gasteiger partial charge is 0.392 e. The molecule has 0 radical (unpaired) electrons. The van der Waals surface area contributed by atoms with Crippen molar-refractivity contribution < 1.29 is 9.90 Å². The van der Waals surface area contributed by atoms with Gasteiger partial charge in [0.1, 0.15) is 0 Å². The maximum Gasteiger partial charge on any atom is 0.224 e. The first kappa shape index (κ1) is 14.0. The molecule has 1 aromatic rings. The summed E-state index contributed by atoms with van der Waals surface area (Å²) in [5.74, 6) is 0.0605. The van der Waals surface area contributed by atoms with Crippen molar-refractivity contribution in [2.45, 2.75) is 32.3 Å². The molecule has 1 heterocycles. The second-order valence-electron chi connectivity index (χ2n) is 5.26. The first-order valence-electron chi connectivity index (χ1n) is 6.90. The van der Waals surface area contributed by atoms with E-state index in [9.17, 15) is 9.90 Å². The van der Waals surface area contributed by atoms with Crippen LogP contribution in [0.3, 0.4) is 0 Å². The lowest BCUT2D eigenvalue weighted by atomic mass is 10.2. The van der Waals surface area contributed by atoms with E-state index >= 15 is 0 Å². The Kier molecular flexibility index (Phi) is 4.93. The van der Waals surface area contributed by atoms with E-state index in [-0.39, 0.29) is 12.0 Å². The van der Waals surface area contributed by atoms with Gasteiger partial charge in [0.05, 0.1) is 6.10 Å². The van der Waals surface area contributed by atoms with E-state index in [0.29, 0.717) is 6.42 Å². The number of β-amino-alcohol motifs (C(OH)–C–C–N with tert-alkyl or cyclic N) is 1. The van der Waals surface area contributed by atoms with Gasteiger partial charge < -0.3 is 15.3 Å². The molecule has 4 heteroatoms. The van der Waals surface area contributed by atoms with Crippen LogP contribution >= 0.6 is 0 Å². The number of hydrogen-bond donors (Lipinski definition) is 2. The van der Waals surface area contributed by atoms with Crippen molar-refractivity contribution in [3.8, 4) is 0 Å².